The Hall–Kier alpha value is -3.35. The van der Waals surface area contributed by atoms with Crippen molar-refractivity contribution in [3.8, 4) is 11.3 Å². The third-order valence-corrected chi connectivity index (χ3v) is 6.05. The van der Waals surface area contributed by atoms with Crippen LogP contribution in [0.5, 0.6) is 0 Å². The van der Waals surface area contributed by atoms with Gasteiger partial charge < -0.3 is 9.64 Å². The molecule has 0 bridgehead atoms. The van der Waals surface area contributed by atoms with Gasteiger partial charge in [0, 0.05) is 30.6 Å². The molecule has 4 rings (SSSR count). The molecule has 0 saturated carbocycles. The first-order valence-corrected chi connectivity index (χ1v) is 12.1. The van der Waals surface area contributed by atoms with Crippen molar-refractivity contribution >= 4 is 22.9 Å². The number of aryl methyl sites for hydroxylation is 1. The molecule has 1 aromatic heterocycles. The van der Waals surface area contributed by atoms with E-state index in [2.05, 4.69) is 6.92 Å². The molecule has 2 heterocycles. The molecule has 0 atom stereocenters. The summed E-state index contributed by atoms with van der Waals surface area (Å²) in [4.78, 5) is 36.0. The van der Waals surface area contributed by atoms with Crippen LogP contribution in [0.4, 0.5) is 4.39 Å². The second-order valence-corrected chi connectivity index (χ2v) is 8.66. The van der Waals surface area contributed by atoms with Gasteiger partial charge >= 0.3 is 5.97 Å². The van der Waals surface area contributed by atoms with E-state index < -0.39 is 0 Å². The number of likely N-dealkylation sites (tertiary alicyclic amines) is 1. The van der Waals surface area contributed by atoms with Gasteiger partial charge in [-0.05, 0) is 74.6 Å². The zero-order valence-corrected chi connectivity index (χ0v) is 19.6. The van der Waals surface area contributed by atoms with Crippen molar-refractivity contribution in [3.05, 3.63) is 59.5 Å². The normalized spacial score (nSPS) is 13.1. The molecule has 1 aliphatic rings. The third-order valence-electron chi connectivity index (χ3n) is 6.05. The van der Waals surface area contributed by atoms with Crippen molar-refractivity contribution in [2.75, 3.05) is 19.7 Å². The summed E-state index contributed by atoms with van der Waals surface area (Å²) in [6, 6.07) is 11.6. The maximum absolute atomic E-state index is 13.5. The van der Waals surface area contributed by atoms with Crippen LogP contribution in [0.2, 0.25) is 0 Å². The molecule has 1 fully saturated rings. The maximum atomic E-state index is 13.5. The number of amides is 1. The Morgan fingerprint density at radius 3 is 2.50 bits per heavy atom. The Labute approximate surface area is 199 Å². The molecule has 178 valence electrons. The standard InChI is InChI=1S/C27H30FN3O3/c1-2-3-17-34-25(32)8-5-4-7-23-26(19-9-12-21(28)13-10-19)30-22-14-11-20(18-24(22)29-23)27(33)31-15-6-16-31/h9-14,18H,2-8,15-17H2,1H3. The summed E-state index contributed by atoms with van der Waals surface area (Å²) in [5.74, 6) is -0.471. The molecule has 0 unspecified atom stereocenters. The second kappa shape index (κ2) is 11.2. The van der Waals surface area contributed by atoms with Gasteiger partial charge in [0.15, 0.2) is 0 Å². The van der Waals surface area contributed by atoms with Crippen LogP contribution in [-0.2, 0) is 16.0 Å². The lowest BCUT2D eigenvalue weighted by molar-refractivity contribution is -0.143. The van der Waals surface area contributed by atoms with Gasteiger partial charge in [-0.3, -0.25) is 9.59 Å². The summed E-state index contributed by atoms with van der Waals surface area (Å²) in [6.07, 6.45) is 5.31. The lowest BCUT2D eigenvalue weighted by atomic mass is 10.0. The average molecular weight is 464 g/mol. The van der Waals surface area contributed by atoms with E-state index in [9.17, 15) is 14.0 Å². The molecule has 0 N–H and O–H groups in total. The summed E-state index contributed by atoms with van der Waals surface area (Å²) >= 11 is 0. The van der Waals surface area contributed by atoms with Crippen LogP contribution >= 0.6 is 0 Å². The highest BCUT2D eigenvalue weighted by Crippen LogP contribution is 2.26. The first-order valence-electron chi connectivity index (χ1n) is 12.1. The highest BCUT2D eigenvalue weighted by molar-refractivity contribution is 5.97. The number of unbranched alkanes of at least 4 members (excludes halogenated alkanes) is 2. The topological polar surface area (TPSA) is 72.4 Å². The lowest BCUT2D eigenvalue weighted by Gasteiger charge is -2.30. The van der Waals surface area contributed by atoms with Gasteiger partial charge in [-0.1, -0.05) is 13.3 Å². The molecular weight excluding hydrogens is 433 g/mol. The van der Waals surface area contributed by atoms with E-state index >= 15 is 0 Å². The number of rotatable bonds is 10. The van der Waals surface area contributed by atoms with Gasteiger partial charge in [-0.2, -0.15) is 0 Å². The summed E-state index contributed by atoms with van der Waals surface area (Å²) < 4.78 is 18.7. The van der Waals surface area contributed by atoms with E-state index in [1.54, 1.807) is 24.3 Å². The number of carbonyl (C=O) groups excluding carboxylic acids is 2. The van der Waals surface area contributed by atoms with Crippen LogP contribution < -0.4 is 0 Å². The Kier molecular flexibility index (Phi) is 7.83. The fraction of sp³-hybridized carbons (Fsp3) is 0.407. The minimum Gasteiger partial charge on any atom is -0.466 e. The van der Waals surface area contributed by atoms with Crippen molar-refractivity contribution < 1.29 is 18.7 Å². The number of nitrogens with zero attached hydrogens (tertiary/aromatic N) is 3. The van der Waals surface area contributed by atoms with E-state index in [1.165, 1.54) is 12.1 Å². The van der Waals surface area contributed by atoms with Gasteiger partial charge in [0.2, 0.25) is 0 Å². The fourth-order valence-electron chi connectivity index (χ4n) is 3.90. The van der Waals surface area contributed by atoms with E-state index in [0.29, 0.717) is 48.2 Å². The van der Waals surface area contributed by atoms with Crippen LogP contribution in [0.3, 0.4) is 0 Å². The van der Waals surface area contributed by atoms with Crippen LogP contribution in [0.25, 0.3) is 22.3 Å². The summed E-state index contributed by atoms with van der Waals surface area (Å²) in [6.45, 7) is 4.11. The highest BCUT2D eigenvalue weighted by atomic mass is 19.1. The van der Waals surface area contributed by atoms with Crippen LogP contribution in [0.15, 0.2) is 42.5 Å². The minimum atomic E-state index is -0.310. The van der Waals surface area contributed by atoms with E-state index in [1.807, 2.05) is 11.0 Å². The molecule has 3 aromatic rings. The Balaban J connectivity index is 1.54. The summed E-state index contributed by atoms with van der Waals surface area (Å²) in [7, 11) is 0. The smallest absolute Gasteiger partial charge is 0.305 e. The number of ether oxygens (including phenoxy) is 1. The van der Waals surface area contributed by atoms with Crippen LogP contribution in [0, 0.1) is 5.82 Å². The van der Waals surface area contributed by atoms with Gasteiger partial charge in [0.1, 0.15) is 5.82 Å². The van der Waals surface area contributed by atoms with Crippen LogP contribution in [-0.4, -0.2) is 46.4 Å². The molecule has 0 spiro atoms. The van der Waals surface area contributed by atoms with E-state index in [4.69, 9.17) is 14.7 Å². The van der Waals surface area contributed by atoms with Gasteiger partial charge in [-0.15, -0.1) is 0 Å². The quantitative estimate of drug-likeness (QED) is 0.300. The van der Waals surface area contributed by atoms with Gasteiger partial charge in [-0.25, -0.2) is 14.4 Å². The van der Waals surface area contributed by atoms with Crippen molar-refractivity contribution in [2.45, 2.75) is 51.9 Å². The van der Waals surface area contributed by atoms with Gasteiger partial charge in [0.25, 0.3) is 5.91 Å². The van der Waals surface area contributed by atoms with Crippen molar-refractivity contribution in [2.24, 2.45) is 0 Å². The summed E-state index contributed by atoms with van der Waals surface area (Å²) in [5.41, 5.74) is 4.20. The third kappa shape index (κ3) is 5.76. The number of benzene rings is 2. The molecule has 2 aromatic carbocycles. The number of esters is 1. The second-order valence-electron chi connectivity index (χ2n) is 8.66. The number of hydrogen-bond donors (Lipinski definition) is 0. The first-order chi connectivity index (χ1) is 16.5. The molecule has 0 radical (unpaired) electrons. The SMILES string of the molecule is CCCCOC(=O)CCCCc1nc2cc(C(=O)N3CCC3)ccc2nc1-c1ccc(F)cc1. The predicted molar refractivity (Wildman–Crippen MR) is 129 cm³/mol. The Bertz CT molecular complexity index is 1160. The van der Waals surface area contributed by atoms with Crippen molar-refractivity contribution in [1.29, 1.82) is 0 Å². The number of fused-ring (bicyclic) bond motifs is 1. The number of aromatic nitrogens is 2. The number of hydrogen-bond acceptors (Lipinski definition) is 5. The highest BCUT2D eigenvalue weighted by Gasteiger charge is 2.22. The van der Waals surface area contributed by atoms with Crippen LogP contribution in [0.1, 0.15) is 61.5 Å². The molecule has 0 aliphatic carbocycles. The summed E-state index contributed by atoms with van der Waals surface area (Å²) in [5, 5.41) is 0. The maximum Gasteiger partial charge on any atom is 0.305 e. The zero-order chi connectivity index (χ0) is 23.9. The molecule has 1 aliphatic heterocycles. The molecule has 6 nitrogen and oxygen atoms in total. The number of carbonyl (C=O) groups is 2. The van der Waals surface area contributed by atoms with E-state index in [0.717, 1.165) is 50.0 Å². The average Bonchev–Trinajstić information content (AvgIpc) is 2.80. The largest absolute Gasteiger partial charge is 0.466 e. The molecular formula is C27H30FN3O3. The zero-order valence-electron chi connectivity index (χ0n) is 19.6. The molecule has 1 amide bonds. The predicted octanol–water partition coefficient (Wildman–Crippen LogP) is 5.34. The molecule has 34 heavy (non-hydrogen) atoms. The first kappa shape index (κ1) is 23.8. The lowest BCUT2D eigenvalue weighted by Crippen LogP contribution is -2.42. The van der Waals surface area contributed by atoms with Crippen molar-refractivity contribution in [1.82, 2.24) is 14.9 Å². The fourth-order valence-corrected chi connectivity index (χ4v) is 3.90. The van der Waals surface area contributed by atoms with E-state index in [-0.39, 0.29) is 17.7 Å². The van der Waals surface area contributed by atoms with Crippen molar-refractivity contribution in [3.63, 3.8) is 0 Å². The minimum absolute atomic E-state index is 0.0145. The van der Waals surface area contributed by atoms with Gasteiger partial charge in [0.05, 0.1) is 29.0 Å². The Morgan fingerprint density at radius 2 is 1.79 bits per heavy atom. The number of halogens is 1. The monoisotopic (exact) mass is 463 g/mol. The molecule has 7 heteroatoms. The molecule has 1 saturated heterocycles. The Morgan fingerprint density at radius 1 is 1.00 bits per heavy atom.